The Hall–Kier alpha value is -3.29. The molecule has 2 N–H and O–H groups in total. The van der Waals surface area contributed by atoms with Crippen LogP contribution in [0.4, 0.5) is 4.39 Å². The van der Waals surface area contributed by atoms with E-state index < -0.39 is 17.6 Å². The average molecular weight is 376 g/mol. The van der Waals surface area contributed by atoms with Crippen molar-refractivity contribution in [1.82, 2.24) is 10.9 Å². The lowest BCUT2D eigenvalue weighted by Crippen LogP contribution is -2.43. The minimum Gasteiger partial charge on any atom is -0.490 e. The first-order chi connectivity index (χ1) is 13.0. The molecule has 7 nitrogen and oxygen atoms in total. The van der Waals surface area contributed by atoms with Crippen LogP contribution in [0, 0.1) is 5.82 Å². The monoisotopic (exact) mass is 376 g/mol. The zero-order valence-electron chi connectivity index (χ0n) is 15.1. The lowest BCUT2D eigenvalue weighted by molar-refractivity contribution is -0.123. The van der Waals surface area contributed by atoms with Gasteiger partial charge < -0.3 is 14.2 Å². The lowest BCUT2D eigenvalue weighted by Gasteiger charge is -2.13. The quantitative estimate of drug-likeness (QED) is 0.692. The van der Waals surface area contributed by atoms with Crippen molar-refractivity contribution in [3.63, 3.8) is 0 Å². The van der Waals surface area contributed by atoms with E-state index in [0.29, 0.717) is 24.7 Å². The maximum Gasteiger partial charge on any atom is 0.276 e. The summed E-state index contributed by atoms with van der Waals surface area (Å²) in [6.07, 6.45) is 0. The average Bonchev–Trinajstić information content (AvgIpc) is 2.66. The molecule has 0 heterocycles. The van der Waals surface area contributed by atoms with Crippen molar-refractivity contribution < 1.29 is 28.2 Å². The molecule has 2 aromatic rings. The molecule has 0 aromatic heterocycles. The highest BCUT2D eigenvalue weighted by Crippen LogP contribution is 2.28. The first-order valence-corrected chi connectivity index (χ1v) is 8.40. The van der Waals surface area contributed by atoms with Gasteiger partial charge in [-0.3, -0.25) is 20.4 Å². The Labute approximate surface area is 156 Å². The van der Waals surface area contributed by atoms with Crippen molar-refractivity contribution >= 4 is 11.8 Å². The number of amides is 2. The fraction of sp³-hybridized carbons (Fsp3) is 0.263. The summed E-state index contributed by atoms with van der Waals surface area (Å²) in [4.78, 5) is 23.9. The molecular weight excluding hydrogens is 355 g/mol. The molecule has 0 spiro atoms. The zero-order chi connectivity index (χ0) is 19.6. The molecule has 0 aliphatic rings. The van der Waals surface area contributed by atoms with Gasteiger partial charge in [-0.05, 0) is 44.2 Å². The molecule has 2 aromatic carbocycles. The topological polar surface area (TPSA) is 85.9 Å². The van der Waals surface area contributed by atoms with Gasteiger partial charge in [0, 0.05) is 11.6 Å². The number of nitrogens with one attached hydrogen (secondary N) is 2. The Morgan fingerprint density at radius 3 is 2.37 bits per heavy atom. The Kier molecular flexibility index (Phi) is 7.42. The Bertz CT molecular complexity index is 797. The number of benzene rings is 2. The van der Waals surface area contributed by atoms with Gasteiger partial charge in [-0.2, -0.15) is 0 Å². The molecule has 27 heavy (non-hydrogen) atoms. The van der Waals surface area contributed by atoms with Gasteiger partial charge in [-0.1, -0.05) is 6.07 Å². The molecule has 0 saturated heterocycles. The predicted molar refractivity (Wildman–Crippen MR) is 96.3 cm³/mol. The van der Waals surface area contributed by atoms with Crippen LogP contribution >= 0.6 is 0 Å². The first kappa shape index (κ1) is 20.0. The van der Waals surface area contributed by atoms with Crippen molar-refractivity contribution in [2.45, 2.75) is 13.8 Å². The molecule has 2 amide bonds. The van der Waals surface area contributed by atoms with Crippen LogP contribution < -0.4 is 25.1 Å². The van der Waals surface area contributed by atoms with Crippen molar-refractivity contribution in [3.8, 4) is 17.2 Å². The second-order valence-corrected chi connectivity index (χ2v) is 5.28. The molecule has 0 fully saturated rings. The number of carbonyl (C=O) groups is 2. The minimum absolute atomic E-state index is 0.212. The maximum atomic E-state index is 13.0. The SMILES string of the molecule is CCOc1ccc(C(=O)NNC(=O)COc2cccc(F)c2)cc1OCC. The van der Waals surface area contributed by atoms with Crippen LogP contribution in [-0.4, -0.2) is 31.6 Å². The number of rotatable bonds is 8. The normalized spacial score (nSPS) is 10.0. The van der Waals surface area contributed by atoms with Gasteiger partial charge in [0.05, 0.1) is 13.2 Å². The van der Waals surface area contributed by atoms with E-state index in [1.165, 1.54) is 24.3 Å². The van der Waals surface area contributed by atoms with E-state index in [4.69, 9.17) is 14.2 Å². The number of halogens is 1. The molecule has 0 aliphatic heterocycles. The molecule has 144 valence electrons. The summed E-state index contributed by atoms with van der Waals surface area (Å²) >= 11 is 0. The van der Waals surface area contributed by atoms with E-state index in [-0.39, 0.29) is 17.9 Å². The van der Waals surface area contributed by atoms with Crippen LogP contribution in [-0.2, 0) is 4.79 Å². The van der Waals surface area contributed by atoms with Crippen LogP contribution in [0.25, 0.3) is 0 Å². The van der Waals surface area contributed by atoms with Crippen LogP contribution in [0.2, 0.25) is 0 Å². The number of ether oxygens (including phenoxy) is 3. The highest BCUT2D eigenvalue weighted by Gasteiger charge is 2.12. The molecule has 0 atom stereocenters. The van der Waals surface area contributed by atoms with E-state index in [1.807, 2.05) is 13.8 Å². The number of hydrogen-bond acceptors (Lipinski definition) is 5. The predicted octanol–water partition coefficient (Wildman–Crippen LogP) is 2.46. The summed E-state index contributed by atoms with van der Waals surface area (Å²) in [6.45, 7) is 4.17. The molecular formula is C19H21FN2O5. The van der Waals surface area contributed by atoms with Gasteiger partial charge >= 0.3 is 0 Å². The van der Waals surface area contributed by atoms with E-state index in [0.717, 1.165) is 6.07 Å². The van der Waals surface area contributed by atoms with Crippen LogP contribution in [0.5, 0.6) is 17.2 Å². The summed E-state index contributed by atoms with van der Waals surface area (Å²) < 4.78 is 29.1. The Morgan fingerprint density at radius 1 is 0.926 bits per heavy atom. The minimum atomic E-state index is -0.594. The summed E-state index contributed by atoms with van der Waals surface area (Å²) in [7, 11) is 0. The van der Waals surface area contributed by atoms with E-state index in [1.54, 1.807) is 12.1 Å². The van der Waals surface area contributed by atoms with Crippen LogP contribution in [0.15, 0.2) is 42.5 Å². The standard InChI is InChI=1S/C19H21FN2O5/c1-3-25-16-9-8-13(10-17(16)26-4-2)19(24)22-21-18(23)12-27-15-7-5-6-14(20)11-15/h5-11H,3-4,12H2,1-2H3,(H,21,23)(H,22,24). The highest BCUT2D eigenvalue weighted by atomic mass is 19.1. The summed E-state index contributed by atoms with van der Waals surface area (Å²) in [6, 6.07) is 10.1. The lowest BCUT2D eigenvalue weighted by atomic mass is 10.2. The molecule has 0 saturated carbocycles. The third-order valence-electron chi connectivity index (χ3n) is 3.29. The number of hydrogen-bond donors (Lipinski definition) is 2. The molecule has 0 aliphatic carbocycles. The van der Waals surface area contributed by atoms with Crippen molar-refractivity contribution in [3.05, 3.63) is 53.8 Å². The second kappa shape index (κ2) is 10.0. The van der Waals surface area contributed by atoms with Crippen molar-refractivity contribution in [1.29, 1.82) is 0 Å². The molecule has 0 radical (unpaired) electrons. The number of hydrazine groups is 1. The highest BCUT2D eigenvalue weighted by molar-refractivity contribution is 5.96. The fourth-order valence-corrected chi connectivity index (χ4v) is 2.13. The van der Waals surface area contributed by atoms with Crippen molar-refractivity contribution in [2.75, 3.05) is 19.8 Å². The maximum absolute atomic E-state index is 13.0. The number of carbonyl (C=O) groups excluding carboxylic acids is 2. The Morgan fingerprint density at radius 2 is 1.67 bits per heavy atom. The molecule has 0 unspecified atom stereocenters. The largest absolute Gasteiger partial charge is 0.490 e. The fourth-order valence-electron chi connectivity index (χ4n) is 2.13. The summed E-state index contributed by atoms with van der Waals surface area (Å²) in [5, 5.41) is 0. The van der Waals surface area contributed by atoms with E-state index in [2.05, 4.69) is 10.9 Å². The summed E-state index contributed by atoms with van der Waals surface area (Å²) in [5.41, 5.74) is 4.79. The third-order valence-corrected chi connectivity index (χ3v) is 3.29. The smallest absolute Gasteiger partial charge is 0.276 e. The zero-order valence-corrected chi connectivity index (χ0v) is 15.1. The second-order valence-electron chi connectivity index (χ2n) is 5.28. The van der Waals surface area contributed by atoms with Crippen LogP contribution in [0.1, 0.15) is 24.2 Å². The van der Waals surface area contributed by atoms with Gasteiger partial charge in [0.1, 0.15) is 11.6 Å². The van der Waals surface area contributed by atoms with Gasteiger partial charge in [0.25, 0.3) is 11.8 Å². The third kappa shape index (κ3) is 6.18. The van der Waals surface area contributed by atoms with Gasteiger partial charge in [-0.25, -0.2) is 4.39 Å². The van der Waals surface area contributed by atoms with E-state index >= 15 is 0 Å². The molecule has 8 heteroatoms. The van der Waals surface area contributed by atoms with E-state index in [9.17, 15) is 14.0 Å². The van der Waals surface area contributed by atoms with Gasteiger partial charge in [0.15, 0.2) is 18.1 Å². The molecule has 0 bridgehead atoms. The first-order valence-electron chi connectivity index (χ1n) is 8.40. The van der Waals surface area contributed by atoms with Crippen LogP contribution in [0.3, 0.4) is 0 Å². The van der Waals surface area contributed by atoms with Gasteiger partial charge in [-0.15, -0.1) is 0 Å². The van der Waals surface area contributed by atoms with Gasteiger partial charge in [0.2, 0.25) is 0 Å². The molecule has 2 rings (SSSR count). The summed E-state index contributed by atoms with van der Waals surface area (Å²) in [5.74, 6) is -0.413. The van der Waals surface area contributed by atoms with Crippen molar-refractivity contribution in [2.24, 2.45) is 0 Å². The Balaban J connectivity index is 1.88.